The van der Waals surface area contributed by atoms with E-state index in [-0.39, 0.29) is 0 Å². The van der Waals surface area contributed by atoms with E-state index in [1.807, 2.05) is 18.5 Å². The maximum atomic E-state index is 4.89. The molecule has 0 spiro atoms. The van der Waals surface area contributed by atoms with Crippen LogP contribution in [0.1, 0.15) is 5.56 Å². The molecule has 0 unspecified atom stereocenters. The zero-order chi connectivity index (χ0) is 17.8. The number of aromatic nitrogens is 2. The number of rotatable bonds is 4. The molecule has 0 radical (unpaired) electrons. The van der Waals surface area contributed by atoms with Crippen molar-refractivity contribution in [3.63, 3.8) is 0 Å². The highest BCUT2D eigenvalue weighted by Gasteiger charge is 2.50. The molecule has 0 aliphatic carbocycles. The van der Waals surface area contributed by atoms with Crippen LogP contribution >= 0.6 is 7.26 Å². The first kappa shape index (κ1) is 16.6. The second kappa shape index (κ2) is 7.19. The third-order valence-corrected chi connectivity index (χ3v) is 8.57. The molecule has 0 N–H and O–H groups in total. The fourth-order valence-electron chi connectivity index (χ4n) is 3.31. The van der Waals surface area contributed by atoms with E-state index in [1.54, 1.807) is 0 Å². The molecule has 2 aromatic heterocycles. The number of hydrogen-bond acceptors (Lipinski definition) is 2. The fraction of sp³-hybridized carbons (Fsp3) is 0.0435. The number of pyridine rings is 2. The molecule has 0 saturated heterocycles. The van der Waals surface area contributed by atoms with Crippen LogP contribution in [-0.2, 0) is 0 Å². The Balaban J connectivity index is 2.12. The van der Waals surface area contributed by atoms with Crippen LogP contribution in [0.3, 0.4) is 0 Å². The van der Waals surface area contributed by atoms with E-state index in [1.165, 1.54) is 10.6 Å². The van der Waals surface area contributed by atoms with Gasteiger partial charge < -0.3 is 0 Å². The summed E-state index contributed by atoms with van der Waals surface area (Å²) in [4.78, 5) is 9.70. The van der Waals surface area contributed by atoms with Gasteiger partial charge in [0.05, 0.1) is 0 Å². The Hall–Kier alpha value is -2.83. The SMILES string of the molecule is Cc1ccc([P+](c2ccccc2)(c2ccccc2)c2ccccn2)nc1. The Morgan fingerprint density at radius 1 is 0.577 bits per heavy atom. The molecular formula is C23H20N2P+. The van der Waals surface area contributed by atoms with Crippen molar-refractivity contribution in [2.24, 2.45) is 0 Å². The first-order chi connectivity index (χ1) is 12.8. The van der Waals surface area contributed by atoms with Gasteiger partial charge in [-0.25, -0.2) is 9.97 Å². The quantitative estimate of drug-likeness (QED) is 0.525. The molecule has 0 atom stereocenters. The molecule has 2 heterocycles. The summed E-state index contributed by atoms with van der Waals surface area (Å²) in [5.41, 5.74) is 3.32. The molecule has 0 bridgehead atoms. The van der Waals surface area contributed by atoms with Gasteiger partial charge in [0.1, 0.15) is 10.6 Å². The molecule has 0 aliphatic heterocycles. The van der Waals surface area contributed by atoms with Gasteiger partial charge in [-0.1, -0.05) is 48.5 Å². The smallest absolute Gasteiger partial charge is 0.199 e. The summed E-state index contributed by atoms with van der Waals surface area (Å²) in [6.45, 7) is 2.07. The zero-order valence-electron chi connectivity index (χ0n) is 14.7. The number of benzene rings is 2. The van der Waals surface area contributed by atoms with E-state index >= 15 is 0 Å². The molecule has 4 rings (SSSR count). The van der Waals surface area contributed by atoms with Gasteiger partial charge in [-0.3, -0.25) is 0 Å². The van der Waals surface area contributed by atoms with Gasteiger partial charge in [-0.15, -0.1) is 0 Å². The summed E-state index contributed by atoms with van der Waals surface area (Å²) in [5.74, 6) is 0. The van der Waals surface area contributed by atoms with Crippen molar-refractivity contribution in [1.82, 2.24) is 9.97 Å². The molecule has 2 nitrogen and oxygen atoms in total. The maximum absolute atomic E-state index is 4.89. The third-order valence-electron chi connectivity index (χ3n) is 4.52. The molecule has 4 aromatic rings. The van der Waals surface area contributed by atoms with Crippen molar-refractivity contribution in [3.05, 3.63) is 109 Å². The molecular weight excluding hydrogens is 335 g/mol. The van der Waals surface area contributed by atoms with Gasteiger partial charge in [0.25, 0.3) is 0 Å². The highest BCUT2D eigenvalue weighted by atomic mass is 31.2. The van der Waals surface area contributed by atoms with Crippen molar-refractivity contribution >= 4 is 28.7 Å². The normalized spacial score (nSPS) is 11.3. The summed E-state index contributed by atoms with van der Waals surface area (Å²) in [7, 11) is -2.15. The van der Waals surface area contributed by atoms with Gasteiger partial charge in [-0.05, 0) is 42.8 Å². The van der Waals surface area contributed by atoms with E-state index in [0.29, 0.717) is 0 Å². The van der Waals surface area contributed by atoms with E-state index < -0.39 is 7.26 Å². The Morgan fingerprint density at radius 3 is 1.65 bits per heavy atom. The minimum absolute atomic E-state index is 1.08. The summed E-state index contributed by atoms with van der Waals surface area (Å²) < 4.78 is 0. The number of aryl methyl sites for hydroxylation is 1. The topological polar surface area (TPSA) is 25.8 Å². The van der Waals surface area contributed by atoms with E-state index in [0.717, 1.165) is 16.4 Å². The van der Waals surface area contributed by atoms with E-state index in [2.05, 4.69) is 91.9 Å². The van der Waals surface area contributed by atoms with Crippen LogP contribution in [0.5, 0.6) is 0 Å². The van der Waals surface area contributed by atoms with Gasteiger partial charge in [0, 0.05) is 24.5 Å². The summed E-state index contributed by atoms with van der Waals surface area (Å²) in [5, 5.41) is 2.53. The second-order valence-corrected chi connectivity index (χ2v) is 9.51. The number of hydrogen-bond donors (Lipinski definition) is 0. The predicted molar refractivity (Wildman–Crippen MR) is 112 cm³/mol. The van der Waals surface area contributed by atoms with Crippen LogP contribution in [0.4, 0.5) is 0 Å². The van der Waals surface area contributed by atoms with Gasteiger partial charge in [-0.2, -0.15) is 0 Å². The van der Waals surface area contributed by atoms with Crippen molar-refractivity contribution in [1.29, 1.82) is 0 Å². The lowest BCUT2D eigenvalue weighted by Crippen LogP contribution is -2.41. The molecule has 26 heavy (non-hydrogen) atoms. The van der Waals surface area contributed by atoms with Crippen molar-refractivity contribution in [3.8, 4) is 0 Å². The largest absolute Gasteiger partial charge is 0.221 e. The van der Waals surface area contributed by atoms with E-state index in [9.17, 15) is 0 Å². The van der Waals surface area contributed by atoms with Crippen molar-refractivity contribution < 1.29 is 0 Å². The molecule has 126 valence electrons. The zero-order valence-corrected chi connectivity index (χ0v) is 15.6. The van der Waals surface area contributed by atoms with Crippen LogP contribution in [-0.4, -0.2) is 9.97 Å². The Kier molecular flexibility index (Phi) is 4.60. The average Bonchev–Trinajstić information content (AvgIpc) is 2.72. The first-order valence-corrected chi connectivity index (χ1v) is 10.5. The standard InChI is InChI=1S/C23H20N2P/c1-19-15-16-23(25-18-19)26(20-10-4-2-5-11-20,21-12-6-3-7-13-21)22-14-8-9-17-24-22/h2-18H,1H3/q+1. The number of nitrogens with zero attached hydrogens (tertiary/aromatic N) is 2. The summed E-state index contributed by atoms with van der Waals surface area (Å²) in [6, 6.07) is 31.8. The van der Waals surface area contributed by atoms with Crippen molar-refractivity contribution in [2.45, 2.75) is 6.92 Å². The molecule has 2 aromatic carbocycles. The molecule has 0 aliphatic rings. The first-order valence-electron chi connectivity index (χ1n) is 8.67. The van der Waals surface area contributed by atoms with Crippen LogP contribution in [0.2, 0.25) is 0 Å². The lowest BCUT2D eigenvalue weighted by Gasteiger charge is -2.25. The molecule has 0 amide bonds. The lowest BCUT2D eigenvalue weighted by atomic mass is 10.3. The van der Waals surface area contributed by atoms with Crippen molar-refractivity contribution in [2.75, 3.05) is 0 Å². The molecule has 3 heteroatoms. The third kappa shape index (κ3) is 2.83. The minimum atomic E-state index is -2.15. The highest BCUT2D eigenvalue weighted by molar-refractivity contribution is 8.01. The average molecular weight is 355 g/mol. The van der Waals surface area contributed by atoms with Crippen LogP contribution in [0.15, 0.2) is 103 Å². The molecule has 0 fully saturated rings. The predicted octanol–water partition coefficient (Wildman–Crippen LogP) is 3.40. The Bertz CT molecular complexity index is 872. The van der Waals surface area contributed by atoms with Gasteiger partial charge >= 0.3 is 0 Å². The highest BCUT2D eigenvalue weighted by Crippen LogP contribution is 2.52. The minimum Gasteiger partial charge on any atom is -0.221 e. The lowest BCUT2D eigenvalue weighted by molar-refractivity contribution is 1.31. The van der Waals surface area contributed by atoms with Gasteiger partial charge in [0.2, 0.25) is 0 Å². The fourth-order valence-corrected chi connectivity index (χ4v) is 7.22. The Labute approximate surface area is 154 Å². The Morgan fingerprint density at radius 2 is 1.15 bits per heavy atom. The summed E-state index contributed by atoms with van der Waals surface area (Å²) in [6.07, 6.45) is 3.84. The van der Waals surface area contributed by atoms with Crippen LogP contribution in [0.25, 0.3) is 0 Å². The van der Waals surface area contributed by atoms with Crippen LogP contribution < -0.4 is 21.5 Å². The summed E-state index contributed by atoms with van der Waals surface area (Å²) >= 11 is 0. The maximum Gasteiger partial charge on any atom is 0.199 e. The van der Waals surface area contributed by atoms with Crippen LogP contribution in [0, 0.1) is 6.92 Å². The second-order valence-electron chi connectivity index (χ2n) is 6.22. The molecule has 0 saturated carbocycles. The monoisotopic (exact) mass is 355 g/mol. The van der Waals surface area contributed by atoms with E-state index in [4.69, 9.17) is 9.97 Å². The van der Waals surface area contributed by atoms with Gasteiger partial charge in [0.15, 0.2) is 18.1 Å².